The number of carbonyl (C=O) groups excluding carboxylic acids is 2. The van der Waals surface area contributed by atoms with Crippen LogP contribution < -0.4 is 5.32 Å². The molecule has 3 rings (SSSR count). The Labute approximate surface area is 165 Å². The van der Waals surface area contributed by atoms with Gasteiger partial charge >= 0.3 is 0 Å². The van der Waals surface area contributed by atoms with Crippen molar-refractivity contribution in [1.82, 2.24) is 9.80 Å². The van der Waals surface area contributed by atoms with E-state index in [1.165, 1.54) is 11.6 Å². The van der Waals surface area contributed by atoms with E-state index in [4.69, 9.17) is 0 Å². The van der Waals surface area contributed by atoms with E-state index in [1.807, 2.05) is 41.8 Å². The summed E-state index contributed by atoms with van der Waals surface area (Å²) in [6, 6.07) is 10.4. The van der Waals surface area contributed by atoms with Crippen molar-refractivity contribution < 1.29 is 14.0 Å². The highest BCUT2D eigenvalue weighted by atomic mass is 19.1. The molecule has 28 heavy (non-hydrogen) atoms. The van der Waals surface area contributed by atoms with E-state index in [9.17, 15) is 14.0 Å². The Morgan fingerprint density at radius 2 is 1.61 bits per heavy atom. The first-order valence-corrected chi connectivity index (χ1v) is 9.48. The quantitative estimate of drug-likeness (QED) is 0.883. The van der Waals surface area contributed by atoms with Crippen molar-refractivity contribution in [3.05, 3.63) is 64.5 Å². The maximum absolute atomic E-state index is 13.6. The van der Waals surface area contributed by atoms with Gasteiger partial charge in [-0.2, -0.15) is 0 Å². The fourth-order valence-corrected chi connectivity index (χ4v) is 3.24. The summed E-state index contributed by atoms with van der Waals surface area (Å²) < 4.78 is 13.6. The van der Waals surface area contributed by atoms with Gasteiger partial charge in [0.2, 0.25) is 5.91 Å². The van der Waals surface area contributed by atoms with Crippen molar-refractivity contribution in [2.24, 2.45) is 0 Å². The Hall–Kier alpha value is -2.73. The molecule has 1 fully saturated rings. The molecule has 0 bridgehead atoms. The molecule has 1 aliphatic heterocycles. The van der Waals surface area contributed by atoms with E-state index in [0.717, 1.165) is 5.56 Å². The highest BCUT2D eigenvalue weighted by Crippen LogP contribution is 2.15. The minimum atomic E-state index is -0.337. The van der Waals surface area contributed by atoms with E-state index >= 15 is 0 Å². The number of hydrogen-bond donors (Lipinski definition) is 1. The summed E-state index contributed by atoms with van der Waals surface area (Å²) >= 11 is 0. The number of rotatable bonds is 4. The third kappa shape index (κ3) is 4.75. The van der Waals surface area contributed by atoms with Gasteiger partial charge in [0, 0.05) is 37.4 Å². The van der Waals surface area contributed by atoms with E-state index in [1.54, 1.807) is 19.1 Å². The van der Waals surface area contributed by atoms with E-state index in [-0.39, 0.29) is 24.2 Å². The number of halogens is 1. The van der Waals surface area contributed by atoms with Crippen molar-refractivity contribution in [3.63, 3.8) is 0 Å². The van der Waals surface area contributed by atoms with Gasteiger partial charge in [0.25, 0.3) is 5.91 Å². The lowest BCUT2D eigenvalue weighted by Crippen LogP contribution is -2.50. The first-order valence-electron chi connectivity index (χ1n) is 9.48. The molecule has 0 atom stereocenters. The molecule has 5 nitrogen and oxygen atoms in total. The van der Waals surface area contributed by atoms with E-state index in [2.05, 4.69) is 5.32 Å². The van der Waals surface area contributed by atoms with Crippen LogP contribution in [0.5, 0.6) is 0 Å². The number of aryl methyl sites for hydroxylation is 3. The number of amides is 2. The maximum atomic E-state index is 13.6. The average molecular weight is 383 g/mol. The van der Waals surface area contributed by atoms with Crippen molar-refractivity contribution in [1.29, 1.82) is 0 Å². The van der Waals surface area contributed by atoms with Crippen LogP contribution in [0.2, 0.25) is 0 Å². The zero-order valence-corrected chi connectivity index (χ0v) is 16.6. The second-order valence-corrected chi connectivity index (χ2v) is 7.38. The van der Waals surface area contributed by atoms with Crippen LogP contribution in [0.25, 0.3) is 0 Å². The SMILES string of the molecule is Cc1ccc(C(=O)N2CCN(CC(=O)Nc3ccc(C)c(F)c3)CC2)cc1C. The molecule has 1 heterocycles. The Bertz CT molecular complexity index is 889. The summed E-state index contributed by atoms with van der Waals surface area (Å²) in [7, 11) is 0. The Balaban J connectivity index is 1.50. The third-order valence-electron chi connectivity index (χ3n) is 5.24. The Kier molecular flexibility index (Phi) is 6.09. The number of carbonyl (C=O) groups is 2. The van der Waals surface area contributed by atoms with Crippen LogP contribution in [-0.4, -0.2) is 54.3 Å². The van der Waals surface area contributed by atoms with Crippen LogP contribution in [-0.2, 0) is 4.79 Å². The summed E-state index contributed by atoms with van der Waals surface area (Å²) in [5.74, 6) is -0.490. The predicted molar refractivity (Wildman–Crippen MR) is 108 cm³/mol. The van der Waals surface area contributed by atoms with Gasteiger partial charge in [-0.1, -0.05) is 12.1 Å². The van der Waals surface area contributed by atoms with E-state index in [0.29, 0.717) is 43.0 Å². The monoisotopic (exact) mass is 383 g/mol. The van der Waals surface area contributed by atoms with Crippen molar-refractivity contribution >= 4 is 17.5 Å². The molecular weight excluding hydrogens is 357 g/mol. The molecule has 1 aliphatic rings. The fraction of sp³-hybridized carbons (Fsp3) is 0.364. The molecule has 0 aromatic heterocycles. The molecule has 148 valence electrons. The van der Waals surface area contributed by atoms with Crippen LogP contribution >= 0.6 is 0 Å². The largest absolute Gasteiger partial charge is 0.336 e. The number of piperazine rings is 1. The Morgan fingerprint density at radius 3 is 2.25 bits per heavy atom. The molecule has 0 radical (unpaired) electrons. The summed E-state index contributed by atoms with van der Waals surface area (Å²) in [6.07, 6.45) is 0. The summed E-state index contributed by atoms with van der Waals surface area (Å²) in [4.78, 5) is 28.7. The van der Waals surface area contributed by atoms with Crippen LogP contribution in [0.15, 0.2) is 36.4 Å². The molecule has 0 saturated carbocycles. The molecule has 2 aromatic carbocycles. The fourth-order valence-electron chi connectivity index (χ4n) is 3.24. The number of hydrogen-bond acceptors (Lipinski definition) is 3. The minimum Gasteiger partial charge on any atom is -0.336 e. The number of benzene rings is 2. The van der Waals surface area contributed by atoms with Gasteiger partial charge in [0.1, 0.15) is 5.82 Å². The zero-order chi connectivity index (χ0) is 20.3. The van der Waals surface area contributed by atoms with Crippen molar-refractivity contribution in [2.75, 3.05) is 38.0 Å². The highest BCUT2D eigenvalue weighted by Gasteiger charge is 2.23. The molecule has 2 amide bonds. The highest BCUT2D eigenvalue weighted by molar-refractivity contribution is 5.95. The zero-order valence-electron chi connectivity index (χ0n) is 16.6. The number of nitrogens with zero attached hydrogens (tertiary/aromatic N) is 2. The number of anilines is 1. The van der Waals surface area contributed by atoms with Gasteiger partial charge in [-0.05, 0) is 61.7 Å². The molecule has 6 heteroatoms. The van der Waals surface area contributed by atoms with Crippen LogP contribution in [0.4, 0.5) is 10.1 Å². The third-order valence-corrected chi connectivity index (χ3v) is 5.24. The molecule has 0 aliphatic carbocycles. The standard InChI is InChI=1S/C22H26FN3O2/c1-15-4-6-18(12-17(15)3)22(28)26-10-8-25(9-11-26)14-21(27)24-19-7-5-16(2)20(23)13-19/h4-7,12-13H,8-11,14H2,1-3H3,(H,24,27). The lowest BCUT2D eigenvalue weighted by molar-refractivity contribution is -0.117. The molecule has 0 spiro atoms. The summed E-state index contributed by atoms with van der Waals surface area (Å²) in [6.45, 7) is 8.36. The smallest absolute Gasteiger partial charge is 0.253 e. The Morgan fingerprint density at radius 1 is 0.929 bits per heavy atom. The first kappa shape index (κ1) is 20.0. The molecule has 2 aromatic rings. The predicted octanol–water partition coefficient (Wildman–Crippen LogP) is 3.15. The second-order valence-electron chi connectivity index (χ2n) is 7.38. The van der Waals surface area contributed by atoms with Crippen LogP contribution in [0.1, 0.15) is 27.0 Å². The second kappa shape index (κ2) is 8.52. The summed E-state index contributed by atoms with van der Waals surface area (Å²) in [5, 5.41) is 2.73. The molecule has 1 N–H and O–H groups in total. The molecule has 0 unspecified atom stereocenters. The lowest BCUT2D eigenvalue weighted by Gasteiger charge is -2.34. The normalized spacial score (nSPS) is 14.8. The van der Waals surface area contributed by atoms with Gasteiger partial charge in [0.05, 0.1) is 6.54 Å². The van der Waals surface area contributed by atoms with Crippen LogP contribution in [0, 0.1) is 26.6 Å². The minimum absolute atomic E-state index is 0.0299. The van der Waals surface area contributed by atoms with Gasteiger partial charge in [0.15, 0.2) is 0 Å². The van der Waals surface area contributed by atoms with Crippen molar-refractivity contribution in [2.45, 2.75) is 20.8 Å². The lowest BCUT2D eigenvalue weighted by atomic mass is 10.1. The van der Waals surface area contributed by atoms with Gasteiger partial charge < -0.3 is 10.2 Å². The first-order chi connectivity index (χ1) is 13.3. The van der Waals surface area contributed by atoms with Crippen molar-refractivity contribution in [3.8, 4) is 0 Å². The molecule has 1 saturated heterocycles. The number of nitrogens with one attached hydrogen (secondary N) is 1. The topological polar surface area (TPSA) is 52.7 Å². The molecular formula is C22H26FN3O2. The van der Waals surface area contributed by atoms with Crippen LogP contribution in [0.3, 0.4) is 0 Å². The van der Waals surface area contributed by atoms with Gasteiger partial charge in [-0.3, -0.25) is 14.5 Å². The van der Waals surface area contributed by atoms with E-state index < -0.39 is 0 Å². The van der Waals surface area contributed by atoms with Gasteiger partial charge in [-0.25, -0.2) is 4.39 Å². The van der Waals surface area contributed by atoms with Gasteiger partial charge in [-0.15, -0.1) is 0 Å². The maximum Gasteiger partial charge on any atom is 0.253 e. The average Bonchev–Trinajstić information content (AvgIpc) is 2.67. The summed E-state index contributed by atoms with van der Waals surface area (Å²) in [5.41, 5.74) is 3.98.